The van der Waals surface area contributed by atoms with E-state index in [0.29, 0.717) is 148 Å². The van der Waals surface area contributed by atoms with Crippen molar-refractivity contribution in [2.24, 2.45) is 0 Å². The molecular formula is C88H92BrClN10O16. The van der Waals surface area contributed by atoms with Crippen LogP contribution in [0.25, 0.3) is 22.3 Å². The van der Waals surface area contributed by atoms with Crippen molar-refractivity contribution in [2.75, 3.05) is 74.6 Å². The van der Waals surface area contributed by atoms with Gasteiger partial charge in [-0.3, -0.25) is 38.5 Å². The third-order valence-corrected chi connectivity index (χ3v) is 28.5. The van der Waals surface area contributed by atoms with Crippen LogP contribution in [-0.4, -0.2) is 208 Å². The first-order valence-electron chi connectivity index (χ1n) is 39.9. The van der Waals surface area contributed by atoms with E-state index in [9.17, 15) is 53.7 Å². The highest BCUT2D eigenvalue weighted by atomic mass is 79.9. The molecule has 6 aliphatic carbocycles. The summed E-state index contributed by atoms with van der Waals surface area (Å²) in [6.45, 7) is 3.71. The van der Waals surface area contributed by atoms with Crippen LogP contribution in [0.2, 0.25) is 0 Å². The van der Waals surface area contributed by atoms with Crippen LogP contribution in [0.4, 0.5) is 0 Å². The molecule has 6 fully saturated rings. The van der Waals surface area contributed by atoms with Gasteiger partial charge in [0, 0.05) is 97.4 Å². The molecule has 3 saturated carbocycles. The lowest BCUT2D eigenvalue weighted by molar-refractivity contribution is -0.923. The number of likely N-dealkylation sites (N-methyl/N-ethyl adjacent to an activating group) is 3. The van der Waals surface area contributed by atoms with E-state index < -0.39 is 62.6 Å². The predicted molar refractivity (Wildman–Crippen MR) is 424 cm³/mol. The predicted octanol–water partition coefficient (Wildman–Crippen LogP) is 1.90. The molecule has 6 aliphatic heterocycles. The summed E-state index contributed by atoms with van der Waals surface area (Å²) < 4.78 is 30.6. The molecule has 26 nitrogen and oxygen atoms in total. The zero-order valence-corrected chi connectivity index (χ0v) is 67.4. The summed E-state index contributed by atoms with van der Waals surface area (Å²) in [6.07, 6.45) is 8.94. The standard InChI is InChI=1S/C32H34N4O6.C30H30N4O6.C26H27BrN2O4.ClH/c1-36-15-13-31-25-20-8-9-21(26(25)42-27(31)23(37)10-12-32(31,39)24(36)16-20)28(38)33-14-11-18-4-6-19(7-5-18)22-17-34-30(41-3)35-29(22)40-2;1-34-13-11-29-23-18-6-7-19(24(23)40-25(29)21(35)8-10-30(29,39)22(34)14-18)26(36)31-12-9-16-2-4-17(5-3-16)20-15-32-28(38)33-27(20)37;1-29-13-11-25-21-16-4-7-18(24(31)28-12-9-15-2-5-17(27)6-3-15)22(21)33-23(25)19(30)8-10-26(25,32)20(29)14-16;/h4-9,17,24,27,39H,10-16H2,1-3H3,(H,33,38);2-7,15,22,25,39H,8-14H2,1H3,(H,31,36)(H2,32,33,37,38);2-7,20,23,32H,8-14H2,1H3,(H,28,31);1H/t24-,27+,31+,32-;22-,25+,29+,30-;20-,23+,25+,26-;/m111./s1. The number of ether oxygens (including phenoxy) is 5. The number of nitrogens with zero attached hydrogens (tertiary/aromatic N) is 4. The number of H-pyrrole nitrogens is 2. The zero-order chi connectivity index (χ0) is 80.0. The lowest BCUT2D eigenvalue weighted by Crippen LogP contribution is -3.19. The zero-order valence-electron chi connectivity index (χ0n) is 65.1. The number of hydrogen-bond donors (Lipinski definition) is 9. The number of ketones is 3. The number of amides is 3. The Bertz CT molecular complexity index is 5500. The molecular weight excluding hydrogens is 1570 g/mol. The number of Topliss-reactive ketones (excluding diaryl/α,β-unsaturated/α-hetero) is 3. The molecule has 28 heteroatoms. The van der Waals surface area contributed by atoms with Crippen LogP contribution in [0.5, 0.6) is 29.1 Å². The highest BCUT2D eigenvalue weighted by Gasteiger charge is 2.77. The smallest absolute Gasteiger partial charge is 0.325 e. The highest BCUT2D eigenvalue weighted by molar-refractivity contribution is 9.10. The van der Waals surface area contributed by atoms with Crippen molar-refractivity contribution in [3.8, 4) is 51.4 Å². The molecule has 8 heterocycles. The van der Waals surface area contributed by atoms with E-state index in [0.717, 1.165) is 91.7 Å². The Morgan fingerprint density at radius 3 is 1.40 bits per heavy atom. The van der Waals surface area contributed by atoms with E-state index in [-0.39, 0.29) is 84.5 Å². The number of carbonyl (C=O) groups excluding carboxylic acids is 6. The summed E-state index contributed by atoms with van der Waals surface area (Å²) in [6, 6.07) is 34.8. The number of carbonyl (C=O) groups is 6. The molecule has 3 amide bonds. The molecule has 3 spiro atoms. The van der Waals surface area contributed by atoms with E-state index in [1.165, 1.54) is 18.2 Å². The third kappa shape index (κ3) is 11.9. The Morgan fingerprint density at radius 1 is 0.552 bits per heavy atom. The molecule has 20 rings (SSSR count). The largest absolute Gasteiger partial charge is 1.00 e. The van der Waals surface area contributed by atoms with Crippen molar-refractivity contribution >= 4 is 51.0 Å². The topological polar surface area (TPSA) is 348 Å². The number of aliphatic hydroxyl groups is 3. The van der Waals surface area contributed by atoms with Gasteiger partial charge in [0.2, 0.25) is 5.88 Å². The van der Waals surface area contributed by atoms with Gasteiger partial charge in [-0.25, -0.2) is 9.78 Å². The van der Waals surface area contributed by atoms with E-state index in [4.69, 9.17) is 23.7 Å². The number of hydrogen-bond acceptors (Lipinski definition) is 20. The van der Waals surface area contributed by atoms with Crippen molar-refractivity contribution in [3.05, 3.63) is 214 Å². The van der Waals surface area contributed by atoms with E-state index in [1.807, 2.05) is 92.0 Å². The summed E-state index contributed by atoms with van der Waals surface area (Å²) in [7, 11) is 9.27. The number of halogens is 2. The molecule has 9 N–H and O–H groups in total. The number of aromatic amines is 2. The SMILES string of the molecule is CN1CC[C@]23c4c5ccc(C(=O)NCCc6ccc(Br)cc6)c4O[C@H]2C(=O)CC[C@@]3(O)[C@H]1C5.COc1ncc(-c2ccc(CCNC(=O)c3ccc4c5c3O[C@H]3C(=O)CC[C@@]6(O)[C@@H](C4)N(C)CC[C@]536)cc2)c(OC)n1.C[NH+]1CC[C@]23c4c5ccc(C(=O)NCCc6ccc(-c7c[nH]c(=O)[nH]c7=O)cc6)c4O[C@H]2C(=O)CC[C@@]3(O)[C@H]1C5.[Cl-]. The second-order valence-corrected chi connectivity index (χ2v) is 34.2. The van der Waals surface area contributed by atoms with Gasteiger partial charge in [0.25, 0.3) is 23.3 Å². The normalized spacial score (nSPS) is 29.0. The fourth-order valence-electron chi connectivity index (χ4n) is 22.4. The first-order chi connectivity index (χ1) is 55.4. The molecule has 6 aromatic carbocycles. The van der Waals surface area contributed by atoms with Gasteiger partial charge in [-0.05, 0) is 166 Å². The quantitative estimate of drug-likeness (QED) is 0.0667. The number of likely N-dealkylation sites (tertiary alicyclic amines) is 3. The van der Waals surface area contributed by atoms with Crippen LogP contribution in [0, 0.1) is 0 Å². The number of benzene rings is 6. The first kappa shape index (κ1) is 78.5. The van der Waals surface area contributed by atoms with Gasteiger partial charge >= 0.3 is 11.7 Å². The summed E-state index contributed by atoms with van der Waals surface area (Å²) in [5, 5.41) is 45.4. The van der Waals surface area contributed by atoms with Crippen molar-refractivity contribution in [1.82, 2.24) is 45.7 Å². The number of nitrogens with one attached hydrogen (secondary N) is 6. The van der Waals surface area contributed by atoms with Gasteiger partial charge in [0.15, 0.2) is 35.7 Å². The second-order valence-electron chi connectivity index (χ2n) is 33.3. The van der Waals surface area contributed by atoms with Gasteiger partial charge in [-0.2, -0.15) is 4.98 Å². The molecule has 2 aromatic heterocycles. The molecule has 116 heavy (non-hydrogen) atoms. The molecule has 604 valence electrons. The average molecular weight is 1660 g/mol. The van der Waals surface area contributed by atoms with Crippen LogP contribution in [0.3, 0.4) is 0 Å². The minimum absolute atomic E-state index is 0. The Hall–Kier alpha value is -9.97. The van der Waals surface area contributed by atoms with E-state index in [2.05, 4.69) is 75.7 Å². The lowest BCUT2D eigenvalue weighted by atomic mass is 9.49. The third-order valence-electron chi connectivity index (χ3n) is 28.0. The summed E-state index contributed by atoms with van der Waals surface area (Å²) in [5.41, 5.74) is 6.58. The number of rotatable bonds is 16. The van der Waals surface area contributed by atoms with Crippen LogP contribution < -0.4 is 68.2 Å². The minimum atomic E-state index is -1.06. The van der Waals surface area contributed by atoms with Crippen LogP contribution >= 0.6 is 15.9 Å². The fraction of sp³-hybridized carbons (Fsp3) is 0.432. The van der Waals surface area contributed by atoms with Crippen molar-refractivity contribution < 1.29 is 85.1 Å². The average Bonchev–Trinajstić information content (AvgIpc) is 1.46. The van der Waals surface area contributed by atoms with Crippen LogP contribution in [0.15, 0.2) is 136 Å². The van der Waals surface area contributed by atoms with E-state index >= 15 is 0 Å². The van der Waals surface area contributed by atoms with Gasteiger partial charge in [0.1, 0.15) is 28.9 Å². The molecule has 13 atom stereocenters. The summed E-state index contributed by atoms with van der Waals surface area (Å²) in [5.74, 6) is 1.21. The van der Waals surface area contributed by atoms with Gasteiger partial charge in [0.05, 0.1) is 83.1 Å². The maximum atomic E-state index is 13.5. The number of aromatic nitrogens is 4. The van der Waals surface area contributed by atoms with Gasteiger partial charge < -0.3 is 87.0 Å². The number of methoxy groups -OCH3 is 2. The maximum absolute atomic E-state index is 13.5. The molecule has 8 aromatic rings. The highest BCUT2D eigenvalue weighted by Crippen LogP contribution is 2.67. The van der Waals surface area contributed by atoms with Crippen molar-refractivity contribution in [2.45, 2.75) is 166 Å². The molecule has 3 saturated heterocycles. The summed E-state index contributed by atoms with van der Waals surface area (Å²) >= 11 is 3.44. The Morgan fingerprint density at radius 2 is 0.966 bits per heavy atom. The number of piperidine rings is 3. The first-order valence-corrected chi connectivity index (χ1v) is 40.7. The monoisotopic (exact) mass is 1660 g/mol. The molecule has 1 unspecified atom stereocenters. The van der Waals surface area contributed by atoms with Crippen molar-refractivity contribution in [3.63, 3.8) is 0 Å². The Kier molecular flexibility index (Phi) is 20.0. The van der Waals surface area contributed by atoms with Crippen LogP contribution in [0.1, 0.15) is 139 Å². The van der Waals surface area contributed by atoms with E-state index in [1.54, 1.807) is 37.6 Å². The molecule has 12 aliphatic rings. The maximum Gasteiger partial charge on any atom is 0.325 e. The van der Waals surface area contributed by atoms with Gasteiger partial charge in [-0.15, -0.1) is 0 Å². The van der Waals surface area contributed by atoms with Crippen LogP contribution in [-0.2, 0) is 69.2 Å². The number of quaternary nitrogens is 1. The lowest BCUT2D eigenvalue weighted by Gasteiger charge is -2.62. The second kappa shape index (κ2) is 29.6. The summed E-state index contributed by atoms with van der Waals surface area (Å²) in [4.78, 5) is 122. The Labute approximate surface area is 683 Å². The van der Waals surface area contributed by atoms with Gasteiger partial charge in [-0.1, -0.05) is 94.8 Å². The Balaban J connectivity index is 0.000000126. The molecule has 6 bridgehead atoms. The minimum Gasteiger partial charge on any atom is -1.00 e. The fourth-order valence-corrected chi connectivity index (χ4v) is 22.6. The molecule has 0 radical (unpaired) electrons. The van der Waals surface area contributed by atoms with Crippen molar-refractivity contribution in [1.29, 1.82) is 0 Å².